The van der Waals surface area contributed by atoms with Crippen molar-refractivity contribution >= 4 is 152 Å². The molecule has 0 aromatic heterocycles. The SMILES string of the molecule is CC(C)(C)Oc1ccc([S+]2CCCC2)c2ccccc12.CC(C)(C)Oc1ccc([S+]2CCCCC2)c2ccccc12.CC(C)Oc1ccc([S+]2CCCC2)c2ccccc12.CC(C)Oc1ccc([S+]2CCCCC2)c2ccccc12.COCOc1ccc([S+]2CCCCC2)c2ccccc12.FC(F)(F)COc1ccc([S+]2CCCC2)c2ccccc12.FC(F)(F)COc1ccc([S+]2CCCCC2)c2ccccc12. The number of fused-ring (bicyclic) bond motifs is 7. The van der Waals surface area contributed by atoms with Crippen molar-refractivity contribution in [3.8, 4) is 40.2 Å². The van der Waals surface area contributed by atoms with Crippen LogP contribution in [0, 0.1) is 0 Å². The lowest BCUT2D eigenvalue weighted by Gasteiger charge is -2.23. The van der Waals surface area contributed by atoms with Crippen LogP contribution >= 0.6 is 0 Å². The van der Waals surface area contributed by atoms with E-state index in [4.69, 9.17) is 37.9 Å². The normalized spacial score (nSPS) is 16.7. The van der Waals surface area contributed by atoms with Crippen LogP contribution < -0.4 is 33.2 Å². The Bertz CT molecular complexity index is 6410. The van der Waals surface area contributed by atoms with Crippen LogP contribution in [0.25, 0.3) is 75.4 Å². The van der Waals surface area contributed by atoms with Crippen molar-refractivity contribution < 1.29 is 64.2 Å². The second-order valence-corrected chi connectivity index (χ2v) is 55.7. The molecule has 0 saturated carbocycles. The molecule has 0 radical (unpaired) electrons. The molecular formula is C122H147F6O8S7+7. The fourth-order valence-electron chi connectivity index (χ4n) is 19.7. The molecule has 7 heterocycles. The topological polar surface area (TPSA) is 73.8 Å². The molecule has 0 N–H and O–H groups in total. The number of alkyl halides is 6. The highest BCUT2D eigenvalue weighted by Gasteiger charge is 2.38. The summed E-state index contributed by atoms with van der Waals surface area (Å²) in [6.07, 6.45) is 16.1. The van der Waals surface area contributed by atoms with E-state index in [1.807, 2.05) is 60.7 Å². The zero-order chi connectivity index (χ0) is 100. The van der Waals surface area contributed by atoms with E-state index < -0.39 is 25.6 Å². The molecule has 21 rings (SSSR count). The minimum atomic E-state index is -4.31. The summed E-state index contributed by atoms with van der Waals surface area (Å²) in [4.78, 5) is 10.2. The van der Waals surface area contributed by atoms with E-state index in [0.717, 1.165) is 50.3 Å². The van der Waals surface area contributed by atoms with Crippen molar-refractivity contribution in [3.63, 3.8) is 0 Å². The average Bonchev–Trinajstić information content (AvgIpc) is 1.62. The van der Waals surface area contributed by atoms with E-state index in [-0.39, 0.29) is 45.2 Å². The van der Waals surface area contributed by atoms with E-state index in [9.17, 15) is 26.3 Å². The summed E-state index contributed by atoms with van der Waals surface area (Å²) in [6, 6.07) is 88.3. The third-order valence-electron chi connectivity index (χ3n) is 26.0. The van der Waals surface area contributed by atoms with Crippen molar-refractivity contribution in [1.29, 1.82) is 0 Å². The highest BCUT2D eigenvalue weighted by Crippen LogP contribution is 2.45. The molecule has 143 heavy (non-hydrogen) atoms. The van der Waals surface area contributed by atoms with Gasteiger partial charge in [0.15, 0.2) is 54.3 Å². The van der Waals surface area contributed by atoms with Gasteiger partial charge in [-0.3, -0.25) is 0 Å². The Morgan fingerprint density at radius 1 is 0.217 bits per heavy atom. The van der Waals surface area contributed by atoms with Crippen molar-refractivity contribution in [2.45, 2.75) is 255 Å². The third-order valence-corrected chi connectivity index (χ3v) is 43.8. The maximum atomic E-state index is 12.4. The first-order chi connectivity index (χ1) is 69.1. The van der Waals surface area contributed by atoms with Gasteiger partial charge in [-0.25, -0.2) is 0 Å². The van der Waals surface area contributed by atoms with Gasteiger partial charge >= 0.3 is 12.4 Å². The number of hydrogen-bond donors (Lipinski definition) is 0. The van der Waals surface area contributed by atoms with Crippen LogP contribution in [-0.4, -0.2) is 143 Å². The van der Waals surface area contributed by atoms with Gasteiger partial charge in [-0.15, -0.1) is 0 Å². The predicted molar refractivity (Wildman–Crippen MR) is 606 cm³/mol. The fraction of sp³-hybridized carbons (Fsp3) is 0.426. The molecule has 14 aromatic rings. The molecule has 21 heteroatoms. The number of ether oxygens (including phenoxy) is 8. The van der Waals surface area contributed by atoms with Crippen LogP contribution in [0.15, 0.2) is 289 Å². The monoisotopic (exact) mass is 2080 g/mol. The molecule has 7 aliphatic heterocycles. The smallest absolute Gasteiger partial charge is 0.422 e. The Morgan fingerprint density at radius 3 is 0.573 bits per heavy atom. The van der Waals surface area contributed by atoms with Gasteiger partial charge in [-0.05, 0) is 312 Å². The predicted octanol–water partition coefficient (Wildman–Crippen LogP) is 32.6. The summed E-state index contributed by atoms with van der Waals surface area (Å²) >= 11 is 0. The number of halogens is 6. The van der Waals surface area contributed by atoms with Gasteiger partial charge in [0.2, 0.25) is 0 Å². The molecule has 0 atom stereocenters. The standard InChI is InChI=1S/C19H25OS.2C18H23OS.C17H18F3OS.C17H21O2S.C17H21OS.C16H16F3OS/c1-19(2,3)20-17-11-12-18(21-13-7-4-8-14-21)16-10-6-5-9-15(16)17;1-18(2,3)19-16-10-11-17(20-12-6-7-13-20)15-9-5-4-8-14(15)16;1-14(2)19-17-10-11-18(20-12-6-3-7-13-20)16-9-5-4-8-15(16)17;18-17(19,20)12-21-15-8-9-16(22-10-4-1-5-11-22)14-7-3-2-6-13(14)15;1-18-13-19-16-9-10-17(20-11-5-2-6-12-20)15-8-4-3-7-14(15)16;1-13(2)18-16-9-10-17(19-11-5-6-12-19)15-8-4-3-7-14(15)16;17-16(18,19)11-20-14-7-8-15(21-9-3-4-10-21)13-6-2-1-5-12(13)14/h5-6,9-12H,4,7-8,13-14H2,1-3H3;4-5,8-11H,6-7,12-13H2,1-3H3;4-5,8-11,14H,3,6-7,12-13H2,1-2H3;2-3,6-9H,1,4-5,10-12H2;3-4,7-10H,2,5-6,11-13H2,1H3;3-4,7-10,13H,5-6,11-12H2,1-2H3;1-2,5-8H,3-4,9-11H2/q7*+1. The van der Waals surface area contributed by atoms with Crippen LogP contribution in [0.5, 0.6) is 40.2 Å². The summed E-state index contributed by atoms with van der Waals surface area (Å²) < 4.78 is 119. The first kappa shape index (κ1) is 109. The van der Waals surface area contributed by atoms with Gasteiger partial charge in [0.25, 0.3) is 0 Å². The molecule has 0 unspecified atom stereocenters. The molecule has 0 amide bonds. The lowest BCUT2D eigenvalue weighted by molar-refractivity contribution is -0.153. The number of benzene rings is 14. The first-order valence-corrected chi connectivity index (χ1v) is 62.6. The fourth-order valence-corrected chi connectivity index (χ4v) is 37.2. The molecule has 7 fully saturated rings. The van der Waals surface area contributed by atoms with Crippen molar-refractivity contribution in [1.82, 2.24) is 0 Å². The van der Waals surface area contributed by atoms with Crippen molar-refractivity contribution in [2.75, 3.05) is 108 Å². The largest absolute Gasteiger partial charge is 0.490 e. The average molecular weight is 2080 g/mol. The molecule has 0 spiro atoms. The van der Waals surface area contributed by atoms with E-state index in [0.29, 0.717) is 72.8 Å². The highest BCUT2D eigenvalue weighted by atomic mass is 32.2. The molecule has 760 valence electrons. The second-order valence-electron chi connectivity index (χ2n) is 40.0. The maximum absolute atomic E-state index is 12.4. The van der Waals surface area contributed by atoms with Gasteiger partial charge in [0.1, 0.15) is 132 Å². The van der Waals surface area contributed by atoms with Crippen LogP contribution in [0.2, 0.25) is 0 Å². The zero-order valence-electron chi connectivity index (χ0n) is 85.5. The van der Waals surface area contributed by atoms with Crippen LogP contribution in [0.1, 0.15) is 185 Å². The summed E-state index contributed by atoms with van der Waals surface area (Å²) in [5.41, 5.74) is -0.308. The van der Waals surface area contributed by atoms with E-state index >= 15 is 0 Å². The van der Waals surface area contributed by atoms with E-state index in [1.54, 1.807) is 38.8 Å². The lowest BCUT2D eigenvalue weighted by Crippen LogP contribution is -2.23. The molecule has 14 aromatic carbocycles. The Hall–Kier alpha value is -8.51. The molecule has 8 nitrogen and oxygen atoms in total. The van der Waals surface area contributed by atoms with Crippen LogP contribution in [-0.2, 0) is 81.0 Å². The number of methoxy groups -OCH3 is 1. The summed E-state index contributed by atoms with van der Waals surface area (Å²) in [7, 11) is 4.28. The Labute approximate surface area is 866 Å². The summed E-state index contributed by atoms with van der Waals surface area (Å²) in [5, 5.41) is 16.8. The molecule has 0 bridgehead atoms. The minimum absolute atomic E-state index is 0.153. The number of rotatable bonds is 20. The van der Waals surface area contributed by atoms with Gasteiger partial charge in [-0.2, -0.15) is 26.3 Å². The van der Waals surface area contributed by atoms with Crippen LogP contribution in [0.3, 0.4) is 0 Å². The van der Waals surface area contributed by atoms with Gasteiger partial charge in [-0.1, -0.05) is 127 Å². The highest BCUT2D eigenvalue weighted by molar-refractivity contribution is 7.99. The maximum Gasteiger partial charge on any atom is 0.422 e. The number of hydrogen-bond acceptors (Lipinski definition) is 8. The van der Waals surface area contributed by atoms with Crippen molar-refractivity contribution in [2.24, 2.45) is 0 Å². The van der Waals surface area contributed by atoms with Crippen molar-refractivity contribution in [3.05, 3.63) is 255 Å². The molecule has 7 saturated heterocycles. The second kappa shape index (κ2) is 52.4. The summed E-state index contributed by atoms with van der Waals surface area (Å²) in [5.74, 6) is 24.0. The van der Waals surface area contributed by atoms with Gasteiger partial charge in [0.05, 0.1) is 12.2 Å². The molecule has 7 aliphatic rings. The zero-order valence-corrected chi connectivity index (χ0v) is 91.3. The Balaban J connectivity index is 0.000000126. The molecule has 0 aliphatic carbocycles. The van der Waals surface area contributed by atoms with Gasteiger partial charge in [0, 0.05) is 159 Å². The third kappa shape index (κ3) is 30.6. The first-order valence-electron chi connectivity index (χ1n) is 51.7. The Morgan fingerprint density at radius 2 is 0.385 bits per heavy atom. The van der Waals surface area contributed by atoms with E-state index in [2.05, 4.69) is 251 Å². The molecular weight excluding hydrogens is 1930 g/mol. The van der Waals surface area contributed by atoms with E-state index in [1.165, 1.54) is 265 Å². The quantitative estimate of drug-likeness (QED) is 0.0425. The van der Waals surface area contributed by atoms with Gasteiger partial charge < -0.3 is 37.9 Å². The lowest BCUT2D eigenvalue weighted by atomic mass is 10.1. The Kier molecular flexibility index (Phi) is 39.8. The summed E-state index contributed by atoms with van der Waals surface area (Å²) in [6.45, 7) is 18.8. The minimum Gasteiger partial charge on any atom is -0.490 e. The van der Waals surface area contributed by atoms with Crippen LogP contribution in [0.4, 0.5) is 26.3 Å².